The van der Waals surface area contributed by atoms with E-state index in [4.69, 9.17) is 10.5 Å². The largest absolute Gasteiger partial charge is 0.461 e. The third-order valence-corrected chi connectivity index (χ3v) is 4.22. The third-order valence-electron chi connectivity index (χ3n) is 4.22. The molecule has 0 aliphatic heterocycles. The Labute approximate surface area is 121 Å². The summed E-state index contributed by atoms with van der Waals surface area (Å²) in [5, 5.41) is 0. The lowest BCUT2D eigenvalue weighted by Crippen LogP contribution is -2.08. The average Bonchev–Trinajstić information content (AvgIpc) is 2.92. The molecule has 2 atom stereocenters. The third kappa shape index (κ3) is 4.97. The monoisotopic (exact) mass is 275 g/mol. The van der Waals surface area contributed by atoms with E-state index in [1.54, 1.807) is 0 Å². The van der Waals surface area contributed by atoms with Crippen molar-refractivity contribution < 1.29 is 9.53 Å². The van der Waals surface area contributed by atoms with Gasteiger partial charge in [0.1, 0.15) is 6.61 Å². The number of ether oxygens (including phenoxy) is 1. The summed E-state index contributed by atoms with van der Waals surface area (Å²) in [5.41, 5.74) is 6.64. The molecule has 0 aromatic heterocycles. The van der Waals surface area contributed by atoms with Crippen LogP contribution in [0.4, 0.5) is 0 Å². The molecule has 2 unspecified atom stereocenters. The second kappa shape index (κ2) is 8.05. The highest BCUT2D eigenvalue weighted by Crippen LogP contribution is 2.35. The fraction of sp³-hybridized carbons (Fsp3) is 0.588. The van der Waals surface area contributed by atoms with Crippen LogP contribution in [0, 0.1) is 11.8 Å². The summed E-state index contributed by atoms with van der Waals surface area (Å²) in [6, 6.07) is 9.82. The Morgan fingerprint density at radius 2 is 1.85 bits per heavy atom. The average molecular weight is 275 g/mol. The van der Waals surface area contributed by atoms with Gasteiger partial charge in [-0.3, -0.25) is 4.79 Å². The molecule has 0 saturated heterocycles. The minimum Gasteiger partial charge on any atom is -0.461 e. The van der Waals surface area contributed by atoms with E-state index >= 15 is 0 Å². The number of benzene rings is 1. The predicted molar refractivity (Wildman–Crippen MR) is 80.0 cm³/mol. The van der Waals surface area contributed by atoms with Crippen LogP contribution < -0.4 is 5.73 Å². The van der Waals surface area contributed by atoms with E-state index in [-0.39, 0.29) is 5.97 Å². The number of esters is 1. The van der Waals surface area contributed by atoms with Crippen molar-refractivity contribution >= 4 is 5.97 Å². The molecule has 1 fully saturated rings. The summed E-state index contributed by atoms with van der Waals surface area (Å²) in [6.45, 7) is 1.18. The maximum atomic E-state index is 11.7. The first kappa shape index (κ1) is 15.0. The standard InChI is InChI=1S/C17H25NO2/c18-11-10-15-7-6-14(12-15)8-9-17(19)20-13-16-4-2-1-3-5-16/h1-5,14-15H,6-13,18H2. The second-order valence-corrected chi connectivity index (χ2v) is 5.81. The molecule has 2 N–H and O–H groups in total. The smallest absolute Gasteiger partial charge is 0.306 e. The molecule has 1 aromatic carbocycles. The predicted octanol–water partition coefficient (Wildman–Crippen LogP) is 3.28. The summed E-state index contributed by atoms with van der Waals surface area (Å²) >= 11 is 0. The molecule has 0 radical (unpaired) electrons. The molecule has 1 aliphatic carbocycles. The minimum atomic E-state index is -0.0730. The molecular formula is C17H25NO2. The lowest BCUT2D eigenvalue weighted by atomic mass is 9.98. The SMILES string of the molecule is NCCC1CCC(CCC(=O)OCc2ccccc2)C1. The number of hydrogen-bond donors (Lipinski definition) is 1. The van der Waals surface area contributed by atoms with Crippen LogP contribution in [0.3, 0.4) is 0 Å². The van der Waals surface area contributed by atoms with Crippen molar-refractivity contribution in [3.05, 3.63) is 35.9 Å². The van der Waals surface area contributed by atoms with Gasteiger partial charge in [0.25, 0.3) is 0 Å². The van der Waals surface area contributed by atoms with Crippen molar-refractivity contribution in [1.82, 2.24) is 0 Å². The fourth-order valence-corrected chi connectivity index (χ4v) is 3.07. The van der Waals surface area contributed by atoms with Gasteiger partial charge in [-0.05, 0) is 43.2 Å². The summed E-state index contributed by atoms with van der Waals surface area (Å²) in [6.07, 6.45) is 6.41. The molecule has 3 heteroatoms. The Balaban J connectivity index is 1.61. The van der Waals surface area contributed by atoms with Gasteiger partial charge in [0, 0.05) is 6.42 Å². The van der Waals surface area contributed by atoms with Gasteiger partial charge >= 0.3 is 5.97 Å². The number of nitrogens with two attached hydrogens (primary N) is 1. The van der Waals surface area contributed by atoms with Crippen LogP contribution in [-0.4, -0.2) is 12.5 Å². The van der Waals surface area contributed by atoms with Crippen LogP contribution >= 0.6 is 0 Å². The molecule has 0 spiro atoms. The molecule has 3 nitrogen and oxygen atoms in total. The van der Waals surface area contributed by atoms with Crippen LogP contribution in [0.5, 0.6) is 0 Å². The maximum Gasteiger partial charge on any atom is 0.306 e. The highest BCUT2D eigenvalue weighted by Gasteiger charge is 2.24. The van der Waals surface area contributed by atoms with Crippen molar-refractivity contribution in [2.45, 2.75) is 45.1 Å². The molecule has 1 aromatic rings. The first-order valence-electron chi connectivity index (χ1n) is 7.67. The van der Waals surface area contributed by atoms with Crippen molar-refractivity contribution in [3.8, 4) is 0 Å². The Kier molecular flexibility index (Phi) is 6.06. The number of carbonyl (C=O) groups excluding carboxylic acids is 1. The van der Waals surface area contributed by atoms with Gasteiger partial charge < -0.3 is 10.5 Å². The summed E-state index contributed by atoms with van der Waals surface area (Å²) in [5.74, 6) is 1.40. The van der Waals surface area contributed by atoms with Crippen LogP contribution in [0.25, 0.3) is 0 Å². The van der Waals surface area contributed by atoms with Gasteiger partial charge in [-0.15, -0.1) is 0 Å². The van der Waals surface area contributed by atoms with Gasteiger partial charge in [-0.1, -0.05) is 43.2 Å². The van der Waals surface area contributed by atoms with Gasteiger partial charge in [0.15, 0.2) is 0 Å². The molecule has 0 amide bonds. The van der Waals surface area contributed by atoms with E-state index in [0.717, 1.165) is 30.9 Å². The first-order valence-corrected chi connectivity index (χ1v) is 7.67. The molecular weight excluding hydrogens is 250 g/mol. The molecule has 1 saturated carbocycles. The lowest BCUT2D eigenvalue weighted by Gasteiger charge is -2.10. The summed E-state index contributed by atoms with van der Waals surface area (Å²) in [7, 11) is 0. The van der Waals surface area contributed by atoms with E-state index in [0.29, 0.717) is 18.9 Å². The maximum absolute atomic E-state index is 11.7. The molecule has 110 valence electrons. The number of hydrogen-bond acceptors (Lipinski definition) is 3. The first-order chi connectivity index (χ1) is 9.78. The zero-order chi connectivity index (χ0) is 14.2. The van der Waals surface area contributed by atoms with Crippen molar-refractivity contribution in [1.29, 1.82) is 0 Å². The molecule has 0 bridgehead atoms. The van der Waals surface area contributed by atoms with Gasteiger partial charge in [-0.25, -0.2) is 0 Å². The topological polar surface area (TPSA) is 52.3 Å². The quantitative estimate of drug-likeness (QED) is 0.777. The van der Waals surface area contributed by atoms with E-state index in [1.165, 1.54) is 19.3 Å². The molecule has 1 aliphatic rings. The Bertz CT molecular complexity index is 405. The normalized spacial score (nSPS) is 21.9. The van der Waals surface area contributed by atoms with E-state index in [1.807, 2.05) is 30.3 Å². The van der Waals surface area contributed by atoms with Crippen LogP contribution in [0.15, 0.2) is 30.3 Å². The van der Waals surface area contributed by atoms with Gasteiger partial charge in [0.2, 0.25) is 0 Å². The number of carbonyl (C=O) groups is 1. The van der Waals surface area contributed by atoms with Crippen molar-refractivity contribution in [3.63, 3.8) is 0 Å². The highest BCUT2D eigenvalue weighted by molar-refractivity contribution is 5.69. The van der Waals surface area contributed by atoms with Crippen LogP contribution in [0.1, 0.15) is 44.1 Å². The molecule has 2 rings (SSSR count). The zero-order valence-corrected chi connectivity index (χ0v) is 12.1. The van der Waals surface area contributed by atoms with Gasteiger partial charge in [-0.2, -0.15) is 0 Å². The highest BCUT2D eigenvalue weighted by atomic mass is 16.5. The van der Waals surface area contributed by atoms with E-state index in [2.05, 4.69) is 0 Å². The van der Waals surface area contributed by atoms with Gasteiger partial charge in [0.05, 0.1) is 0 Å². The second-order valence-electron chi connectivity index (χ2n) is 5.81. The van der Waals surface area contributed by atoms with E-state index < -0.39 is 0 Å². The summed E-state index contributed by atoms with van der Waals surface area (Å²) < 4.78 is 5.30. The lowest BCUT2D eigenvalue weighted by molar-refractivity contribution is -0.145. The Morgan fingerprint density at radius 1 is 1.15 bits per heavy atom. The Hall–Kier alpha value is -1.35. The van der Waals surface area contributed by atoms with Crippen LogP contribution in [-0.2, 0) is 16.1 Å². The Morgan fingerprint density at radius 3 is 2.55 bits per heavy atom. The van der Waals surface area contributed by atoms with Crippen LogP contribution in [0.2, 0.25) is 0 Å². The van der Waals surface area contributed by atoms with Crippen molar-refractivity contribution in [2.75, 3.05) is 6.54 Å². The zero-order valence-electron chi connectivity index (χ0n) is 12.1. The van der Waals surface area contributed by atoms with Crippen molar-refractivity contribution in [2.24, 2.45) is 17.6 Å². The number of rotatable bonds is 7. The summed E-state index contributed by atoms with van der Waals surface area (Å²) in [4.78, 5) is 11.7. The fourth-order valence-electron chi connectivity index (χ4n) is 3.07. The molecule has 0 heterocycles. The molecule has 20 heavy (non-hydrogen) atoms. The van der Waals surface area contributed by atoms with E-state index in [9.17, 15) is 4.79 Å². The minimum absolute atomic E-state index is 0.0730.